The van der Waals surface area contributed by atoms with E-state index in [1.165, 1.54) is 16.8 Å². The van der Waals surface area contributed by atoms with Crippen LogP contribution in [0.5, 0.6) is 0 Å². The Bertz CT molecular complexity index is 1390. The predicted octanol–water partition coefficient (Wildman–Crippen LogP) is 5.42. The Balaban J connectivity index is 1.41. The van der Waals surface area contributed by atoms with Crippen LogP contribution in [-0.2, 0) is 9.59 Å². The molecule has 1 saturated heterocycles. The molecule has 11 heteroatoms. The molecule has 3 aliphatic heterocycles. The molecule has 1 N–H and O–H groups in total. The van der Waals surface area contributed by atoms with Crippen molar-refractivity contribution >= 4 is 68.9 Å². The topological polar surface area (TPSA) is 94.1 Å². The molecule has 8 nitrogen and oxygen atoms in total. The largest absolute Gasteiger partial charge is 0.342 e. The summed E-state index contributed by atoms with van der Waals surface area (Å²) in [5, 5.41) is 16.4. The van der Waals surface area contributed by atoms with E-state index in [4.69, 9.17) is 28.6 Å². The zero-order valence-electron chi connectivity index (χ0n) is 19.8. The number of amidine groups is 2. The highest BCUT2D eigenvalue weighted by molar-refractivity contribution is 8.27. The van der Waals surface area contributed by atoms with Crippen LogP contribution in [0.2, 0.25) is 10.0 Å². The van der Waals surface area contributed by atoms with Crippen LogP contribution in [0.1, 0.15) is 42.6 Å². The van der Waals surface area contributed by atoms with Crippen LogP contribution in [-0.4, -0.2) is 55.4 Å². The molecule has 0 spiro atoms. The summed E-state index contributed by atoms with van der Waals surface area (Å²) in [5.74, 6) is -0.553. The van der Waals surface area contributed by atoms with Gasteiger partial charge < -0.3 is 9.47 Å². The third kappa shape index (κ3) is 4.63. The maximum atomic E-state index is 12.9. The summed E-state index contributed by atoms with van der Waals surface area (Å²) in [6.45, 7) is 5.39. The summed E-state index contributed by atoms with van der Waals surface area (Å²) in [5.41, 5.74) is 3.44. The number of carbonyl (C=O) groups excluding carboxylic acids is 2. The number of piperidine rings is 1. The Labute approximate surface area is 223 Å². The average Bonchev–Trinajstić information content (AvgIpc) is 3.37. The minimum absolute atomic E-state index is 0.0170. The number of hydrazone groups is 1. The smallest absolute Gasteiger partial charge is 0.283 e. The number of benzene rings is 1. The molecule has 1 aromatic heterocycles. The van der Waals surface area contributed by atoms with Gasteiger partial charge in [-0.25, -0.2) is 0 Å². The van der Waals surface area contributed by atoms with Crippen molar-refractivity contribution in [3.63, 3.8) is 0 Å². The average molecular weight is 543 g/mol. The van der Waals surface area contributed by atoms with E-state index in [1.807, 2.05) is 35.4 Å². The molecule has 3 aliphatic rings. The second-order valence-corrected chi connectivity index (χ2v) is 10.8. The zero-order chi connectivity index (χ0) is 25.6. The molecule has 5 rings (SSSR count). The molecule has 2 amide bonds. The van der Waals surface area contributed by atoms with Crippen molar-refractivity contribution in [2.45, 2.75) is 39.5 Å². The van der Waals surface area contributed by atoms with Crippen molar-refractivity contribution in [3.8, 4) is 5.69 Å². The number of aryl methyl sites for hydroxylation is 1. The maximum Gasteiger partial charge on any atom is 0.283 e. The van der Waals surface area contributed by atoms with Gasteiger partial charge in [0, 0.05) is 29.5 Å². The fourth-order valence-electron chi connectivity index (χ4n) is 4.61. The molecular formula is C25H24Cl2N6O2S. The molecule has 2 aromatic rings. The third-order valence-electron chi connectivity index (χ3n) is 6.43. The highest BCUT2D eigenvalue weighted by Crippen LogP contribution is 2.32. The number of rotatable bonds is 4. The van der Waals surface area contributed by atoms with Crippen molar-refractivity contribution < 1.29 is 9.59 Å². The summed E-state index contributed by atoms with van der Waals surface area (Å²) in [6, 6.07) is 7.22. The van der Waals surface area contributed by atoms with Gasteiger partial charge in [0.25, 0.3) is 5.91 Å². The fraction of sp³-hybridized carbons (Fsp3) is 0.320. The Morgan fingerprint density at radius 1 is 1.17 bits per heavy atom. The molecule has 0 aliphatic carbocycles. The van der Waals surface area contributed by atoms with Crippen molar-refractivity contribution in [1.82, 2.24) is 14.5 Å². The number of halogens is 2. The number of nitrogens with zero attached hydrogens (tertiary/aromatic N) is 5. The molecule has 1 aromatic carbocycles. The van der Waals surface area contributed by atoms with Crippen LogP contribution in [0.15, 0.2) is 39.9 Å². The number of aliphatic imine (C=N–C) groups is 1. The van der Waals surface area contributed by atoms with E-state index in [9.17, 15) is 9.59 Å². The van der Waals surface area contributed by atoms with Crippen molar-refractivity contribution in [1.29, 1.82) is 5.41 Å². The second kappa shape index (κ2) is 9.88. The van der Waals surface area contributed by atoms with E-state index >= 15 is 0 Å². The molecule has 4 heterocycles. The number of amides is 2. The van der Waals surface area contributed by atoms with E-state index in [1.54, 1.807) is 18.2 Å². The van der Waals surface area contributed by atoms with E-state index in [2.05, 4.69) is 10.1 Å². The molecular weight excluding hydrogens is 519 g/mol. The lowest BCUT2D eigenvalue weighted by Gasteiger charge is -2.26. The Morgan fingerprint density at radius 3 is 2.64 bits per heavy atom. The molecule has 0 unspecified atom stereocenters. The first-order valence-corrected chi connectivity index (χ1v) is 13.2. The number of hydrogen-bond acceptors (Lipinski definition) is 5. The predicted molar refractivity (Wildman–Crippen MR) is 145 cm³/mol. The highest BCUT2D eigenvalue weighted by atomic mass is 35.5. The van der Waals surface area contributed by atoms with Gasteiger partial charge in [-0.3, -0.25) is 15.0 Å². The summed E-state index contributed by atoms with van der Waals surface area (Å²) >= 11 is 13.7. The van der Waals surface area contributed by atoms with E-state index in [0.717, 1.165) is 55.0 Å². The quantitative estimate of drug-likeness (QED) is 0.521. The van der Waals surface area contributed by atoms with Gasteiger partial charge in [-0.2, -0.15) is 15.1 Å². The van der Waals surface area contributed by atoms with Gasteiger partial charge in [-0.05, 0) is 80.8 Å². The van der Waals surface area contributed by atoms with Gasteiger partial charge in [0.2, 0.25) is 11.1 Å². The van der Waals surface area contributed by atoms with Gasteiger partial charge in [-0.15, -0.1) is 0 Å². The highest BCUT2D eigenvalue weighted by Gasteiger charge is 2.36. The van der Waals surface area contributed by atoms with Crippen LogP contribution in [0.25, 0.3) is 11.8 Å². The number of thioether (sulfide) groups is 1. The maximum absolute atomic E-state index is 12.9. The van der Waals surface area contributed by atoms with E-state index in [-0.39, 0.29) is 23.7 Å². The van der Waals surface area contributed by atoms with Crippen molar-refractivity contribution in [2.24, 2.45) is 10.1 Å². The first-order chi connectivity index (χ1) is 17.2. The summed E-state index contributed by atoms with van der Waals surface area (Å²) in [7, 11) is 0. The number of nitrogens with one attached hydrogen (secondary N) is 1. The number of aromatic nitrogens is 1. The minimum Gasteiger partial charge on any atom is -0.342 e. The number of carbonyl (C=O) groups is 2. The Hall–Kier alpha value is -2.88. The third-order valence-corrected chi connectivity index (χ3v) is 7.87. The molecule has 186 valence electrons. The SMILES string of the molecule is Cc1cc(/C=C2\C(=N)N3N=C(CC(=O)N4CCCCC4)SC3=NC2=O)c(C)n1-c1ccc(Cl)cc1Cl. The van der Waals surface area contributed by atoms with Gasteiger partial charge in [0.15, 0.2) is 5.84 Å². The number of fused-ring (bicyclic) bond motifs is 1. The van der Waals surface area contributed by atoms with E-state index < -0.39 is 5.91 Å². The van der Waals surface area contributed by atoms with E-state index in [0.29, 0.717) is 20.3 Å². The standard InChI is InChI=1S/C25H24Cl2N6O2S/c1-14-10-16(15(2)32(14)20-7-6-17(26)12-19(20)27)11-18-23(28)33-25(29-24(18)35)36-21(30-33)13-22(34)31-8-4-3-5-9-31/h6-7,10-12,28H,3-5,8-9,13H2,1-2H3/b18-11+,28-23?. The fourth-order valence-corrected chi connectivity index (χ4v) is 5.98. The molecule has 36 heavy (non-hydrogen) atoms. The first-order valence-electron chi connectivity index (χ1n) is 11.6. The van der Waals surface area contributed by atoms with Gasteiger partial charge >= 0.3 is 0 Å². The van der Waals surface area contributed by atoms with Crippen molar-refractivity contribution in [2.75, 3.05) is 13.1 Å². The van der Waals surface area contributed by atoms with Crippen LogP contribution in [0, 0.1) is 19.3 Å². The molecule has 0 radical (unpaired) electrons. The lowest BCUT2D eigenvalue weighted by atomic mass is 10.1. The lowest BCUT2D eigenvalue weighted by molar-refractivity contribution is -0.130. The first kappa shape index (κ1) is 24.8. The Kier molecular flexibility index (Phi) is 6.80. The lowest BCUT2D eigenvalue weighted by Crippen LogP contribution is -2.36. The molecule has 0 atom stereocenters. The number of likely N-dealkylation sites (tertiary alicyclic amines) is 1. The molecule has 0 saturated carbocycles. The van der Waals surface area contributed by atoms with Gasteiger partial charge in [0.1, 0.15) is 5.04 Å². The van der Waals surface area contributed by atoms with Crippen molar-refractivity contribution in [3.05, 3.63) is 56.8 Å². The summed E-state index contributed by atoms with van der Waals surface area (Å²) < 4.78 is 1.98. The van der Waals surface area contributed by atoms with Gasteiger partial charge in [0.05, 0.1) is 22.7 Å². The zero-order valence-corrected chi connectivity index (χ0v) is 22.2. The van der Waals surface area contributed by atoms with Crippen LogP contribution >= 0.6 is 35.0 Å². The summed E-state index contributed by atoms with van der Waals surface area (Å²) in [6.07, 6.45) is 4.98. The molecule has 1 fully saturated rings. The minimum atomic E-state index is -0.508. The Morgan fingerprint density at radius 2 is 1.92 bits per heavy atom. The summed E-state index contributed by atoms with van der Waals surface area (Å²) in [4.78, 5) is 31.6. The number of hydrogen-bond donors (Lipinski definition) is 1. The van der Waals surface area contributed by atoms with Crippen LogP contribution in [0.4, 0.5) is 0 Å². The van der Waals surface area contributed by atoms with Gasteiger partial charge in [-0.1, -0.05) is 23.2 Å². The van der Waals surface area contributed by atoms with Crippen LogP contribution < -0.4 is 0 Å². The second-order valence-electron chi connectivity index (χ2n) is 8.89. The normalized spacial score (nSPS) is 19.1. The monoisotopic (exact) mass is 542 g/mol. The molecule has 0 bridgehead atoms. The van der Waals surface area contributed by atoms with Crippen LogP contribution in [0.3, 0.4) is 0 Å².